The van der Waals surface area contributed by atoms with Crippen LogP contribution >= 0.6 is 0 Å². The molecule has 1 aliphatic rings. The van der Waals surface area contributed by atoms with E-state index < -0.39 is 0 Å². The van der Waals surface area contributed by atoms with E-state index in [0.29, 0.717) is 12.6 Å². The maximum Gasteiger partial charge on any atom is 0.0433 e. The Bertz CT molecular complexity index is 185. The van der Waals surface area contributed by atoms with E-state index in [9.17, 15) is 0 Å². The van der Waals surface area contributed by atoms with Gasteiger partial charge in [0, 0.05) is 19.2 Å². The van der Waals surface area contributed by atoms with Crippen molar-refractivity contribution in [2.24, 2.45) is 11.8 Å². The molecule has 0 bridgehead atoms. The number of aliphatic hydroxyl groups excluding tert-OH is 1. The molecule has 0 aliphatic heterocycles. The summed E-state index contributed by atoms with van der Waals surface area (Å²) in [5.74, 6) is 1.70. The van der Waals surface area contributed by atoms with Crippen molar-refractivity contribution in [3.8, 4) is 0 Å². The predicted octanol–water partition coefficient (Wildman–Crippen LogP) is 3.30. The van der Waals surface area contributed by atoms with Crippen LogP contribution in [0, 0.1) is 11.8 Å². The van der Waals surface area contributed by atoms with E-state index in [4.69, 9.17) is 5.11 Å². The van der Waals surface area contributed by atoms with Gasteiger partial charge < -0.3 is 10.0 Å². The number of rotatable bonds is 7. The molecule has 1 N–H and O–H groups in total. The van der Waals surface area contributed by atoms with Gasteiger partial charge in [-0.25, -0.2) is 0 Å². The summed E-state index contributed by atoms with van der Waals surface area (Å²) >= 11 is 0. The molecule has 1 saturated carbocycles. The molecule has 0 unspecified atom stereocenters. The molecule has 17 heavy (non-hydrogen) atoms. The third kappa shape index (κ3) is 5.39. The fraction of sp³-hybridized carbons (Fsp3) is 1.00. The number of hydrogen-bond donors (Lipinski definition) is 1. The fourth-order valence-electron chi connectivity index (χ4n) is 3.06. The summed E-state index contributed by atoms with van der Waals surface area (Å²) in [5.41, 5.74) is 0. The average Bonchev–Trinajstić information content (AvgIpc) is 2.31. The second-order valence-corrected chi connectivity index (χ2v) is 5.99. The number of aliphatic hydroxyl groups is 1. The molecule has 0 atom stereocenters. The highest BCUT2D eigenvalue weighted by atomic mass is 16.3. The van der Waals surface area contributed by atoms with E-state index in [2.05, 4.69) is 25.7 Å². The number of nitrogens with zero attached hydrogens (tertiary/aromatic N) is 1. The largest absolute Gasteiger partial charge is 0.396 e. The molecule has 0 spiro atoms. The zero-order valence-corrected chi connectivity index (χ0v) is 12.0. The normalized spacial score (nSPS) is 25.8. The number of hydrogen-bond acceptors (Lipinski definition) is 2. The summed E-state index contributed by atoms with van der Waals surface area (Å²) in [6.07, 6.45) is 7.70. The first-order valence-electron chi connectivity index (χ1n) is 7.52. The van der Waals surface area contributed by atoms with Gasteiger partial charge in [0.1, 0.15) is 0 Å². The summed E-state index contributed by atoms with van der Waals surface area (Å²) in [7, 11) is 0. The first-order chi connectivity index (χ1) is 8.17. The minimum Gasteiger partial charge on any atom is -0.396 e. The van der Waals surface area contributed by atoms with Crippen LogP contribution in [0.15, 0.2) is 0 Å². The second-order valence-electron chi connectivity index (χ2n) is 5.99. The molecule has 0 aromatic carbocycles. The molecule has 0 radical (unpaired) electrons. The van der Waals surface area contributed by atoms with Crippen LogP contribution in [-0.2, 0) is 0 Å². The molecular formula is C15H31NO. The lowest BCUT2D eigenvalue weighted by atomic mass is 9.80. The van der Waals surface area contributed by atoms with E-state index in [-0.39, 0.29) is 0 Å². The lowest BCUT2D eigenvalue weighted by Gasteiger charge is -2.34. The van der Waals surface area contributed by atoms with E-state index in [1.165, 1.54) is 45.2 Å². The first kappa shape index (κ1) is 15.0. The molecule has 1 fully saturated rings. The smallest absolute Gasteiger partial charge is 0.0433 e. The molecule has 0 heterocycles. The van der Waals surface area contributed by atoms with Crippen LogP contribution in [-0.4, -0.2) is 35.7 Å². The summed E-state index contributed by atoms with van der Waals surface area (Å²) in [5, 5.41) is 8.96. The first-order valence-corrected chi connectivity index (χ1v) is 7.52. The molecule has 0 aromatic heterocycles. The summed E-state index contributed by atoms with van der Waals surface area (Å²) in [4.78, 5) is 2.64. The van der Waals surface area contributed by atoms with Gasteiger partial charge in [0.25, 0.3) is 0 Å². The van der Waals surface area contributed by atoms with Crippen LogP contribution in [0.3, 0.4) is 0 Å². The fourth-order valence-corrected chi connectivity index (χ4v) is 3.06. The second kappa shape index (κ2) is 8.10. The maximum absolute atomic E-state index is 8.96. The van der Waals surface area contributed by atoms with Crippen molar-refractivity contribution in [2.45, 2.75) is 65.3 Å². The van der Waals surface area contributed by atoms with Crippen molar-refractivity contribution in [3.05, 3.63) is 0 Å². The monoisotopic (exact) mass is 241 g/mol. The van der Waals surface area contributed by atoms with Crippen LogP contribution in [0.2, 0.25) is 0 Å². The SMILES string of the molecule is CCCN(C[C@H]1CC[C@H](CCO)CC1)C(C)C. The molecule has 1 aliphatic carbocycles. The van der Waals surface area contributed by atoms with Crippen LogP contribution in [0.5, 0.6) is 0 Å². The molecular weight excluding hydrogens is 210 g/mol. The molecule has 102 valence electrons. The van der Waals surface area contributed by atoms with Crippen LogP contribution in [0.4, 0.5) is 0 Å². The molecule has 2 heteroatoms. The third-order valence-corrected chi connectivity index (χ3v) is 4.24. The van der Waals surface area contributed by atoms with Crippen molar-refractivity contribution in [1.29, 1.82) is 0 Å². The Labute approximate surface area is 107 Å². The Morgan fingerprint density at radius 2 is 1.71 bits per heavy atom. The zero-order chi connectivity index (χ0) is 12.7. The van der Waals surface area contributed by atoms with Crippen molar-refractivity contribution in [1.82, 2.24) is 4.90 Å². The van der Waals surface area contributed by atoms with E-state index in [1.54, 1.807) is 0 Å². The highest BCUT2D eigenvalue weighted by molar-refractivity contribution is 4.76. The van der Waals surface area contributed by atoms with Gasteiger partial charge in [0.05, 0.1) is 0 Å². The average molecular weight is 241 g/mol. The van der Waals surface area contributed by atoms with Crippen molar-refractivity contribution in [2.75, 3.05) is 19.7 Å². The van der Waals surface area contributed by atoms with Crippen LogP contribution < -0.4 is 0 Å². The quantitative estimate of drug-likeness (QED) is 0.739. The van der Waals surface area contributed by atoms with E-state index >= 15 is 0 Å². The highest BCUT2D eigenvalue weighted by Crippen LogP contribution is 2.31. The topological polar surface area (TPSA) is 23.5 Å². The van der Waals surface area contributed by atoms with Gasteiger partial charge in [0.15, 0.2) is 0 Å². The van der Waals surface area contributed by atoms with E-state index in [0.717, 1.165) is 18.3 Å². The van der Waals surface area contributed by atoms with Crippen molar-refractivity contribution in [3.63, 3.8) is 0 Å². The standard InChI is InChI=1S/C15H31NO/c1-4-10-16(13(2)3)12-15-7-5-14(6-8-15)9-11-17/h13-15,17H,4-12H2,1-3H3/t14-,15-. The minimum atomic E-state index is 0.378. The Balaban J connectivity index is 2.28. The van der Waals surface area contributed by atoms with Gasteiger partial charge >= 0.3 is 0 Å². The van der Waals surface area contributed by atoms with Gasteiger partial charge in [-0.1, -0.05) is 19.8 Å². The predicted molar refractivity (Wildman–Crippen MR) is 74.2 cm³/mol. The molecule has 0 saturated heterocycles. The Morgan fingerprint density at radius 3 is 2.18 bits per heavy atom. The van der Waals surface area contributed by atoms with Crippen molar-refractivity contribution >= 4 is 0 Å². The molecule has 2 nitrogen and oxygen atoms in total. The third-order valence-electron chi connectivity index (χ3n) is 4.24. The van der Waals surface area contributed by atoms with Crippen molar-refractivity contribution < 1.29 is 5.11 Å². The van der Waals surface area contributed by atoms with Gasteiger partial charge in [-0.15, -0.1) is 0 Å². The van der Waals surface area contributed by atoms with Crippen LogP contribution in [0.25, 0.3) is 0 Å². The Hall–Kier alpha value is -0.0800. The lowest BCUT2D eigenvalue weighted by molar-refractivity contribution is 0.142. The Morgan fingerprint density at radius 1 is 1.12 bits per heavy atom. The summed E-state index contributed by atoms with van der Waals surface area (Å²) in [6.45, 7) is 9.81. The van der Waals surface area contributed by atoms with Crippen LogP contribution in [0.1, 0.15) is 59.3 Å². The van der Waals surface area contributed by atoms with Gasteiger partial charge in [0.2, 0.25) is 0 Å². The highest BCUT2D eigenvalue weighted by Gasteiger charge is 2.23. The lowest BCUT2D eigenvalue weighted by Crippen LogP contribution is -2.37. The van der Waals surface area contributed by atoms with Gasteiger partial charge in [-0.3, -0.25) is 0 Å². The zero-order valence-electron chi connectivity index (χ0n) is 12.0. The maximum atomic E-state index is 8.96. The molecule has 0 amide bonds. The molecule has 1 rings (SSSR count). The summed E-state index contributed by atoms with van der Waals surface area (Å²) in [6, 6.07) is 0.685. The Kier molecular flexibility index (Phi) is 7.14. The van der Waals surface area contributed by atoms with E-state index in [1.807, 2.05) is 0 Å². The van der Waals surface area contributed by atoms with Gasteiger partial charge in [-0.05, 0) is 57.9 Å². The minimum absolute atomic E-state index is 0.378. The molecule has 0 aromatic rings. The summed E-state index contributed by atoms with van der Waals surface area (Å²) < 4.78 is 0. The van der Waals surface area contributed by atoms with Gasteiger partial charge in [-0.2, -0.15) is 0 Å².